The van der Waals surface area contributed by atoms with Crippen LogP contribution in [0.4, 0.5) is 10.7 Å². The third kappa shape index (κ3) is 5.55. The summed E-state index contributed by atoms with van der Waals surface area (Å²) in [4.78, 5) is 48.9. The molecule has 0 saturated heterocycles. The van der Waals surface area contributed by atoms with E-state index < -0.39 is 23.9 Å². The van der Waals surface area contributed by atoms with E-state index in [0.29, 0.717) is 17.0 Å². The van der Waals surface area contributed by atoms with E-state index in [0.717, 1.165) is 16.3 Å². The molecule has 3 rings (SSSR count). The summed E-state index contributed by atoms with van der Waals surface area (Å²) in [6.07, 6.45) is -0.694. The van der Waals surface area contributed by atoms with Crippen molar-refractivity contribution >= 4 is 45.8 Å². The third-order valence-corrected chi connectivity index (χ3v) is 6.11. The molecule has 10 nitrogen and oxygen atoms in total. The zero-order chi connectivity index (χ0) is 23.4. The van der Waals surface area contributed by atoms with E-state index >= 15 is 0 Å². The highest BCUT2D eigenvalue weighted by Gasteiger charge is 2.23. The Kier molecular flexibility index (Phi) is 6.98. The van der Waals surface area contributed by atoms with E-state index in [1.54, 1.807) is 12.1 Å². The molecule has 32 heavy (non-hydrogen) atoms. The fourth-order valence-corrected chi connectivity index (χ4v) is 4.18. The first-order valence-corrected chi connectivity index (χ1v) is 10.7. The van der Waals surface area contributed by atoms with Crippen molar-refractivity contribution in [2.75, 3.05) is 17.3 Å². The van der Waals surface area contributed by atoms with Crippen molar-refractivity contribution in [3.05, 3.63) is 46.3 Å². The van der Waals surface area contributed by atoms with Gasteiger partial charge in [-0.1, -0.05) is 6.07 Å². The molecule has 170 valence electrons. The van der Waals surface area contributed by atoms with Crippen LogP contribution in [0, 0.1) is 0 Å². The number of thiophene rings is 1. The van der Waals surface area contributed by atoms with Crippen molar-refractivity contribution in [2.45, 2.75) is 38.5 Å². The number of benzene rings is 1. The molecule has 2 aromatic rings. The highest BCUT2D eigenvalue weighted by atomic mass is 32.1. The molecule has 0 radical (unpaired) electrons. The van der Waals surface area contributed by atoms with Crippen molar-refractivity contribution in [3.8, 4) is 0 Å². The minimum Gasteiger partial charge on any atom is -0.481 e. The summed E-state index contributed by atoms with van der Waals surface area (Å²) in [6.45, 7) is 2.35. The predicted octanol–water partition coefficient (Wildman–Crippen LogP) is 1.93. The van der Waals surface area contributed by atoms with Gasteiger partial charge in [0.15, 0.2) is 0 Å². The van der Waals surface area contributed by atoms with Crippen LogP contribution >= 0.6 is 11.3 Å². The number of fused-ring (bicyclic) bond motifs is 1. The molecule has 2 unspecified atom stereocenters. The van der Waals surface area contributed by atoms with Gasteiger partial charge in [-0.25, -0.2) is 4.79 Å². The Morgan fingerprint density at radius 1 is 1.19 bits per heavy atom. The number of carboxylic acids is 2. The van der Waals surface area contributed by atoms with Gasteiger partial charge in [-0.2, -0.15) is 0 Å². The first-order valence-electron chi connectivity index (χ1n) is 9.91. The number of anilines is 2. The second-order valence-electron chi connectivity index (χ2n) is 7.51. The summed E-state index contributed by atoms with van der Waals surface area (Å²) in [5.41, 5.74) is 2.26. The van der Waals surface area contributed by atoms with Crippen LogP contribution in [0.25, 0.3) is 0 Å². The van der Waals surface area contributed by atoms with Gasteiger partial charge in [-0.15, -0.1) is 11.3 Å². The summed E-state index contributed by atoms with van der Waals surface area (Å²) >= 11 is 1.19. The molecule has 11 heteroatoms. The largest absolute Gasteiger partial charge is 0.481 e. The van der Waals surface area contributed by atoms with Crippen molar-refractivity contribution in [3.63, 3.8) is 0 Å². The zero-order valence-electron chi connectivity index (χ0n) is 17.5. The smallest absolute Gasteiger partial charge is 0.326 e. The maximum atomic E-state index is 12.4. The predicted molar refractivity (Wildman–Crippen MR) is 119 cm³/mol. The van der Waals surface area contributed by atoms with E-state index in [-0.39, 0.29) is 24.9 Å². The number of amides is 2. The van der Waals surface area contributed by atoms with Crippen molar-refractivity contribution in [1.29, 1.82) is 0 Å². The molecule has 1 aliphatic heterocycles. The molecule has 5 N–H and O–H groups in total. The summed E-state index contributed by atoms with van der Waals surface area (Å²) in [6, 6.07) is 7.68. The highest BCUT2D eigenvalue weighted by molar-refractivity contribution is 7.18. The van der Waals surface area contributed by atoms with E-state index in [1.807, 2.05) is 37.1 Å². The third-order valence-electron chi connectivity index (χ3n) is 4.91. The van der Waals surface area contributed by atoms with Gasteiger partial charge in [0.1, 0.15) is 6.04 Å². The van der Waals surface area contributed by atoms with Crippen molar-refractivity contribution in [2.24, 2.45) is 0 Å². The number of carbonyl (C=O) groups excluding carboxylic acids is 2. The van der Waals surface area contributed by atoms with Crippen molar-refractivity contribution < 1.29 is 29.4 Å². The second kappa shape index (κ2) is 9.69. The van der Waals surface area contributed by atoms with Crippen LogP contribution in [0.2, 0.25) is 0 Å². The van der Waals surface area contributed by atoms with Gasteiger partial charge in [0.25, 0.3) is 11.8 Å². The first-order chi connectivity index (χ1) is 15.1. The standard InChI is InChI=1S/C21H24N4O6S/c1-11-22-14-4-3-12(9-13(14)19(28)23-11)10-25(2)17-7-6-16(32-17)20(29)24-15(21(30)31)5-8-18(26)27/h3-4,6-7,9,11,15,22H,5,8,10H2,1-2H3,(H,23,28)(H,24,29)(H,26,27)(H,30,31). The Balaban J connectivity index is 1.65. The molecule has 0 saturated carbocycles. The molecular formula is C21H24N4O6S. The molecule has 1 aliphatic rings. The molecule has 1 aromatic carbocycles. The quantitative estimate of drug-likeness (QED) is 0.381. The number of carbonyl (C=O) groups is 4. The zero-order valence-corrected chi connectivity index (χ0v) is 18.4. The average molecular weight is 461 g/mol. The van der Waals surface area contributed by atoms with Gasteiger partial charge < -0.3 is 31.1 Å². The van der Waals surface area contributed by atoms with E-state index in [4.69, 9.17) is 5.11 Å². The minimum atomic E-state index is -1.28. The number of hydrogen-bond acceptors (Lipinski definition) is 7. The van der Waals surface area contributed by atoms with Gasteiger partial charge in [0, 0.05) is 25.7 Å². The number of carboxylic acid groups (broad SMARTS) is 2. The molecule has 0 fully saturated rings. The summed E-state index contributed by atoms with van der Waals surface area (Å²) in [7, 11) is 1.85. The van der Waals surface area contributed by atoms with Crippen LogP contribution in [-0.4, -0.2) is 53.2 Å². The average Bonchev–Trinajstić information content (AvgIpc) is 3.21. The molecular weight excluding hydrogens is 436 g/mol. The first kappa shape index (κ1) is 23.1. The maximum absolute atomic E-state index is 12.4. The van der Waals surface area contributed by atoms with Gasteiger partial charge >= 0.3 is 11.9 Å². The van der Waals surface area contributed by atoms with E-state index in [9.17, 15) is 24.3 Å². The highest BCUT2D eigenvalue weighted by Crippen LogP contribution is 2.28. The normalized spacial score (nSPS) is 15.7. The summed E-state index contributed by atoms with van der Waals surface area (Å²) in [5.74, 6) is -3.12. The van der Waals surface area contributed by atoms with Crippen LogP contribution in [0.1, 0.15) is 45.4 Å². The Bertz CT molecular complexity index is 1050. The van der Waals surface area contributed by atoms with Crippen LogP contribution < -0.4 is 20.9 Å². The lowest BCUT2D eigenvalue weighted by molar-refractivity contribution is -0.140. The van der Waals surface area contributed by atoms with Gasteiger partial charge in [-0.05, 0) is 43.2 Å². The van der Waals surface area contributed by atoms with Crippen molar-refractivity contribution in [1.82, 2.24) is 10.6 Å². The number of hydrogen-bond donors (Lipinski definition) is 5. The molecule has 0 bridgehead atoms. The molecule has 0 aliphatic carbocycles. The molecule has 0 spiro atoms. The van der Waals surface area contributed by atoms with Crippen LogP contribution in [-0.2, 0) is 16.1 Å². The maximum Gasteiger partial charge on any atom is 0.326 e. The SMILES string of the molecule is CC1NC(=O)c2cc(CN(C)c3ccc(C(=O)NC(CCC(=O)O)C(=O)O)s3)ccc2N1. The molecule has 1 aromatic heterocycles. The number of rotatable bonds is 9. The van der Waals surface area contributed by atoms with Gasteiger partial charge in [0.2, 0.25) is 0 Å². The lowest BCUT2D eigenvalue weighted by Gasteiger charge is -2.26. The summed E-state index contributed by atoms with van der Waals surface area (Å²) in [5, 5.41) is 27.1. The van der Waals surface area contributed by atoms with Crippen LogP contribution in [0.5, 0.6) is 0 Å². The van der Waals surface area contributed by atoms with Crippen LogP contribution in [0.15, 0.2) is 30.3 Å². The Morgan fingerprint density at radius 2 is 1.94 bits per heavy atom. The minimum absolute atomic E-state index is 0.135. The Hall–Kier alpha value is -3.60. The fraction of sp³-hybridized carbons (Fsp3) is 0.333. The Labute approximate surface area is 188 Å². The number of nitrogens with one attached hydrogen (secondary N) is 3. The summed E-state index contributed by atoms with van der Waals surface area (Å²) < 4.78 is 0. The lowest BCUT2D eigenvalue weighted by atomic mass is 10.1. The van der Waals surface area contributed by atoms with E-state index in [1.165, 1.54) is 11.3 Å². The fourth-order valence-electron chi connectivity index (χ4n) is 3.31. The van der Waals surface area contributed by atoms with Crippen LogP contribution in [0.3, 0.4) is 0 Å². The lowest BCUT2D eigenvalue weighted by Crippen LogP contribution is -2.42. The monoisotopic (exact) mass is 460 g/mol. The van der Waals surface area contributed by atoms with Gasteiger partial charge in [-0.3, -0.25) is 14.4 Å². The number of nitrogens with zero attached hydrogens (tertiary/aromatic N) is 1. The molecule has 2 amide bonds. The number of aliphatic carboxylic acids is 2. The van der Waals surface area contributed by atoms with E-state index in [2.05, 4.69) is 16.0 Å². The molecule has 2 atom stereocenters. The Morgan fingerprint density at radius 3 is 2.62 bits per heavy atom. The second-order valence-corrected chi connectivity index (χ2v) is 8.57. The topological polar surface area (TPSA) is 148 Å². The van der Waals surface area contributed by atoms with Gasteiger partial charge in [0.05, 0.1) is 21.6 Å². The molecule has 2 heterocycles.